The van der Waals surface area contributed by atoms with E-state index in [1.165, 1.54) is 0 Å². The Bertz CT molecular complexity index is 404. The Morgan fingerprint density at radius 2 is 2.28 bits per heavy atom. The quantitative estimate of drug-likeness (QED) is 0.618. The van der Waals surface area contributed by atoms with Gasteiger partial charge in [-0.15, -0.1) is 0 Å². The molecule has 0 amide bonds. The molecule has 0 fully saturated rings. The number of aromatic nitrogens is 2. The molecule has 102 valence electrons. The van der Waals surface area contributed by atoms with Crippen molar-refractivity contribution in [3.63, 3.8) is 0 Å². The molecule has 0 spiro atoms. The van der Waals surface area contributed by atoms with E-state index in [1.807, 2.05) is 13.8 Å². The Morgan fingerprint density at radius 1 is 1.61 bits per heavy atom. The Morgan fingerprint density at radius 3 is 2.83 bits per heavy atom. The molecular weight excluding hydrogens is 298 g/mol. The first-order chi connectivity index (χ1) is 8.49. The van der Waals surface area contributed by atoms with Crippen LogP contribution in [0.1, 0.15) is 43.2 Å². The fourth-order valence-corrected chi connectivity index (χ4v) is 2.19. The van der Waals surface area contributed by atoms with Crippen LogP contribution in [0.4, 0.5) is 0 Å². The molecular formula is C12H20BrN3O2. The number of carbonyl (C=O) groups excluding carboxylic acids is 1. The molecule has 0 aromatic carbocycles. The lowest BCUT2D eigenvalue weighted by Crippen LogP contribution is -2.33. The van der Waals surface area contributed by atoms with Crippen LogP contribution >= 0.6 is 15.9 Å². The van der Waals surface area contributed by atoms with Gasteiger partial charge in [0, 0.05) is 19.8 Å². The standard InChI is InChI=1S/C12H20BrN3O2/c1-8(2)16-11(9(13)7-15-16)12(17)10(14)5-4-6-18-3/h7-8,10H,4-6,14H2,1-3H3. The highest BCUT2D eigenvalue weighted by atomic mass is 79.9. The second-order valence-corrected chi connectivity index (χ2v) is 5.34. The molecule has 0 saturated carbocycles. The van der Waals surface area contributed by atoms with Crippen LogP contribution in [0.15, 0.2) is 10.7 Å². The summed E-state index contributed by atoms with van der Waals surface area (Å²) < 4.78 is 7.35. The summed E-state index contributed by atoms with van der Waals surface area (Å²) in [5.41, 5.74) is 6.47. The van der Waals surface area contributed by atoms with Crippen molar-refractivity contribution in [2.24, 2.45) is 5.73 Å². The Labute approximate surface area is 116 Å². The first kappa shape index (κ1) is 15.3. The lowest BCUT2D eigenvalue weighted by molar-refractivity contribution is 0.0937. The summed E-state index contributed by atoms with van der Waals surface area (Å²) in [5, 5.41) is 4.18. The minimum absolute atomic E-state index is 0.0795. The van der Waals surface area contributed by atoms with Crippen LogP contribution in [0, 0.1) is 0 Å². The van der Waals surface area contributed by atoms with Gasteiger partial charge in [-0.25, -0.2) is 0 Å². The van der Waals surface area contributed by atoms with Crippen molar-refractivity contribution in [3.05, 3.63) is 16.4 Å². The van der Waals surface area contributed by atoms with Crippen LogP contribution in [0.3, 0.4) is 0 Å². The fourth-order valence-electron chi connectivity index (χ4n) is 1.72. The topological polar surface area (TPSA) is 70.1 Å². The first-order valence-corrected chi connectivity index (χ1v) is 6.80. The van der Waals surface area contributed by atoms with Gasteiger partial charge < -0.3 is 10.5 Å². The number of hydrogen-bond acceptors (Lipinski definition) is 4. The van der Waals surface area contributed by atoms with Gasteiger partial charge in [-0.1, -0.05) is 0 Å². The molecule has 1 heterocycles. The smallest absolute Gasteiger partial charge is 0.198 e. The maximum atomic E-state index is 12.3. The van der Waals surface area contributed by atoms with Gasteiger partial charge in [-0.3, -0.25) is 9.48 Å². The first-order valence-electron chi connectivity index (χ1n) is 6.00. The maximum absolute atomic E-state index is 12.3. The highest BCUT2D eigenvalue weighted by Crippen LogP contribution is 2.21. The summed E-state index contributed by atoms with van der Waals surface area (Å²) in [6.45, 7) is 4.57. The van der Waals surface area contributed by atoms with Gasteiger partial charge in [0.1, 0.15) is 5.69 Å². The number of carbonyl (C=O) groups is 1. The maximum Gasteiger partial charge on any atom is 0.198 e. The summed E-state index contributed by atoms with van der Waals surface area (Å²) in [6, 6.07) is -0.382. The lowest BCUT2D eigenvalue weighted by Gasteiger charge is -2.14. The van der Waals surface area contributed by atoms with Gasteiger partial charge in [0.25, 0.3) is 0 Å². The monoisotopic (exact) mass is 317 g/mol. The molecule has 0 aliphatic carbocycles. The number of ether oxygens (including phenoxy) is 1. The van der Waals surface area contributed by atoms with Gasteiger partial charge in [0.15, 0.2) is 5.78 Å². The zero-order chi connectivity index (χ0) is 13.7. The average Bonchev–Trinajstić information content (AvgIpc) is 2.70. The molecule has 0 saturated heterocycles. The third-order valence-electron chi connectivity index (χ3n) is 2.67. The molecule has 0 radical (unpaired) electrons. The predicted octanol–water partition coefficient (Wildman–Crippen LogP) is 2.16. The third-order valence-corrected chi connectivity index (χ3v) is 3.25. The van der Waals surface area contributed by atoms with E-state index in [4.69, 9.17) is 10.5 Å². The number of Topliss-reactive ketones (excluding diaryl/α,β-unsaturated/α-hetero) is 1. The molecule has 0 bridgehead atoms. The van der Waals surface area contributed by atoms with E-state index in [-0.39, 0.29) is 11.8 Å². The van der Waals surface area contributed by atoms with Crippen molar-refractivity contribution >= 4 is 21.7 Å². The molecule has 6 heteroatoms. The van der Waals surface area contributed by atoms with Crippen LogP contribution in [0.5, 0.6) is 0 Å². The molecule has 1 unspecified atom stereocenters. The van der Waals surface area contributed by atoms with Crippen LogP contribution in [0.25, 0.3) is 0 Å². The molecule has 1 aromatic heterocycles. The lowest BCUT2D eigenvalue weighted by atomic mass is 10.1. The second-order valence-electron chi connectivity index (χ2n) is 4.49. The number of hydrogen-bond donors (Lipinski definition) is 1. The van der Waals surface area contributed by atoms with Crippen molar-refractivity contribution in [1.82, 2.24) is 9.78 Å². The van der Waals surface area contributed by atoms with E-state index in [9.17, 15) is 4.79 Å². The van der Waals surface area contributed by atoms with Gasteiger partial charge in [-0.05, 0) is 42.6 Å². The van der Waals surface area contributed by atoms with Crippen LogP contribution in [0.2, 0.25) is 0 Å². The minimum Gasteiger partial charge on any atom is -0.385 e. The van der Waals surface area contributed by atoms with Crippen LogP contribution in [-0.4, -0.2) is 35.3 Å². The summed E-state index contributed by atoms with van der Waals surface area (Å²) in [6.07, 6.45) is 3.02. The fraction of sp³-hybridized carbons (Fsp3) is 0.667. The largest absolute Gasteiger partial charge is 0.385 e. The highest BCUT2D eigenvalue weighted by molar-refractivity contribution is 9.10. The van der Waals surface area contributed by atoms with E-state index in [0.717, 1.165) is 6.42 Å². The Hall–Kier alpha value is -0.720. The van der Waals surface area contributed by atoms with E-state index < -0.39 is 6.04 Å². The summed E-state index contributed by atoms with van der Waals surface area (Å²) >= 11 is 3.35. The van der Waals surface area contributed by atoms with Gasteiger partial charge >= 0.3 is 0 Å². The normalized spacial score (nSPS) is 13.0. The van der Waals surface area contributed by atoms with Gasteiger partial charge in [-0.2, -0.15) is 5.10 Å². The average molecular weight is 318 g/mol. The number of nitrogens with zero attached hydrogens (tertiary/aromatic N) is 2. The van der Waals surface area contributed by atoms with Crippen LogP contribution < -0.4 is 5.73 Å². The Balaban J connectivity index is 2.79. The third kappa shape index (κ3) is 3.63. The number of halogens is 1. The van der Waals surface area contributed by atoms with Crippen molar-refractivity contribution in [2.45, 2.75) is 38.8 Å². The second kappa shape index (κ2) is 7.01. The van der Waals surface area contributed by atoms with Crippen molar-refractivity contribution in [3.8, 4) is 0 Å². The summed E-state index contributed by atoms with van der Waals surface area (Å²) in [4.78, 5) is 12.3. The van der Waals surface area contributed by atoms with Gasteiger partial charge in [0.2, 0.25) is 0 Å². The van der Waals surface area contributed by atoms with Crippen molar-refractivity contribution < 1.29 is 9.53 Å². The predicted molar refractivity (Wildman–Crippen MR) is 73.7 cm³/mol. The minimum atomic E-state index is -0.509. The van der Waals surface area contributed by atoms with E-state index >= 15 is 0 Å². The van der Waals surface area contributed by atoms with E-state index in [1.54, 1.807) is 18.0 Å². The summed E-state index contributed by atoms with van der Waals surface area (Å²) in [7, 11) is 1.64. The molecule has 1 rings (SSSR count). The number of rotatable bonds is 7. The number of nitrogens with two attached hydrogens (primary N) is 1. The Kier molecular flexibility index (Phi) is 5.98. The molecule has 0 aliphatic rings. The molecule has 1 aromatic rings. The van der Waals surface area contributed by atoms with Crippen LogP contribution in [-0.2, 0) is 4.74 Å². The molecule has 0 aliphatic heterocycles. The van der Waals surface area contributed by atoms with E-state index in [0.29, 0.717) is 23.2 Å². The summed E-state index contributed by atoms with van der Waals surface area (Å²) in [5.74, 6) is -0.0795. The molecule has 5 nitrogen and oxygen atoms in total. The van der Waals surface area contributed by atoms with Crippen molar-refractivity contribution in [2.75, 3.05) is 13.7 Å². The molecule has 18 heavy (non-hydrogen) atoms. The zero-order valence-electron chi connectivity index (χ0n) is 11.0. The molecule has 1 atom stereocenters. The zero-order valence-corrected chi connectivity index (χ0v) is 12.6. The molecule has 2 N–H and O–H groups in total. The SMILES string of the molecule is COCCCC(N)C(=O)c1c(Br)cnn1C(C)C. The number of methoxy groups -OCH3 is 1. The van der Waals surface area contributed by atoms with E-state index in [2.05, 4.69) is 21.0 Å². The number of ketones is 1. The van der Waals surface area contributed by atoms with Gasteiger partial charge in [0.05, 0.1) is 16.7 Å². The highest BCUT2D eigenvalue weighted by Gasteiger charge is 2.23. The van der Waals surface area contributed by atoms with Crippen molar-refractivity contribution in [1.29, 1.82) is 0 Å².